The van der Waals surface area contributed by atoms with Gasteiger partial charge in [-0.25, -0.2) is 9.97 Å². The number of aliphatic hydroxyl groups excluding tert-OH is 1. The van der Waals surface area contributed by atoms with E-state index in [0.717, 1.165) is 31.9 Å². The summed E-state index contributed by atoms with van der Waals surface area (Å²) in [5.74, 6) is 0. The third-order valence-electron chi connectivity index (χ3n) is 3.04. The van der Waals surface area contributed by atoms with Crippen molar-refractivity contribution >= 4 is 39.1 Å². The van der Waals surface area contributed by atoms with Crippen molar-refractivity contribution in [2.45, 2.75) is 16.8 Å². The van der Waals surface area contributed by atoms with Crippen molar-refractivity contribution in [3.8, 4) is 0 Å². The van der Waals surface area contributed by atoms with Crippen molar-refractivity contribution < 1.29 is 5.11 Å². The molecular formula is C13H10N4OS2. The third kappa shape index (κ3) is 1.82. The van der Waals surface area contributed by atoms with Crippen LogP contribution in [0.1, 0.15) is 5.69 Å². The highest BCUT2D eigenvalue weighted by Crippen LogP contribution is 2.31. The van der Waals surface area contributed by atoms with Gasteiger partial charge in [0.25, 0.3) is 0 Å². The topological polar surface area (TPSA) is 66.2 Å². The summed E-state index contributed by atoms with van der Waals surface area (Å²) in [6.45, 7) is -0.0412. The number of thiazole rings is 1. The minimum absolute atomic E-state index is 0.0412. The van der Waals surface area contributed by atoms with Crippen LogP contribution in [0.25, 0.3) is 16.0 Å². The van der Waals surface area contributed by atoms with Crippen LogP contribution >= 0.6 is 23.1 Å². The molecule has 0 saturated heterocycles. The molecule has 0 aliphatic rings. The SMILES string of the molecule is OCc1c(Sc2nc3ccccc3[nH]2)nc2sccn12. The van der Waals surface area contributed by atoms with Gasteiger partial charge in [-0.2, -0.15) is 0 Å². The smallest absolute Gasteiger partial charge is 0.195 e. The summed E-state index contributed by atoms with van der Waals surface area (Å²) in [5, 5.41) is 13.1. The summed E-state index contributed by atoms with van der Waals surface area (Å²) in [4.78, 5) is 13.2. The van der Waals surface area contributed by atoms with Crippen molar-refractivity contribution in [1.29, 1.82) is 0 Å². The molecule has 0 amide bonds. The first-order chi connectivity index (χ1) is 9.85. The van der Waals surface area contributed by atoms with E-state index in [2.05, 4.69) is 15.0 Å². The number of hydrogen-bond acceptors (Lipinski definition) is 5. The fraction of sp³-hybridized carbons (Fsp3) is 0.0769. The van der Waals surface area contributed by atoms with Crippen molar-refractivity contribution in [1.82, 2.24) is 19.4 Å². The van der Waals surface area contributed by atoms with Gasteiger partial charge in [-0.15, -0.1) is 11.3 Å². The zero-order valence-electron chi connectivity index (χ0n) is 10.3. The van der Waals surface area contributed by atoms with E-state index in [0.29, 0.717) is 0 Å². The van der Waals surface area contributed by atoms with Crippen LogP contribution in [-0.2, 0) is 6.61 Å². The summed E-state index contributed by atoms with van der Waals surface area (Å²) in [5.41, 5.74) is 2.73. The van der Waals surface area contributed by atoms with Crippen molar-refractivity contribution in [3.05, 3.63) is 41.5 Å². The third-order valence-corrected chi connectivity index (χ3v) is 4.70. The van der Waals surface area contributed by atoms with Gasteiger partial charge in [0.2, 0.25) is 0 Å². The Kier molecular flexibility index (Phi) is 2.76. The standard InChI is InChI=1S/C13H10N4OS2/c18-7-10-11(16-13-17(10)5-6-19-13)20-12-14-8-3-1-2-4-9(8)15-12/h1-6,18H,7H2,(H,14,15). The second kappa shape index (κ2) is 4.62. The van der Waals surface area contributed by atoms with Crippen LogP contribution in [0, 0.1) is 0 Å². The number of fused-ring (bicyclic) bond motifs is 2. The van der Waals surface area contributed by atoms with E-state index in [1.807, 2.05) is 40.2 Å². The maximum absolute atomic E-state index is 9.54. The van der Waals surface area contributed by atoms with E-state index in [-0.39, 0.29) is 6.61 Å². The van der Waals surface area contributed by atoms with E-state index in [1.165, 1.54) is 11.8 Å². The van der Waals surface area contributed by atoms with Gasteiger partial charge >= 0.3 is 0 Å². The minimum Gasteiger partial charge on any atom is -0.390 e. The van der Waals surface area contributed by atoms with Crippen LogP contribution < -0.4 is 0 Å². The number of para-hydroxylation sites is 2. The van der Waals surface area contributed by atoms with Gasteiger partial charge in [-0.3, -0.25) is 4.40 Å². The fourth-order valence-corrected chi connectivity index (χ4v) is 3.80. The molecule has 7 heteroatoms. The Labute approximate surface area is 122 Å². The molecule has 20 heavy (non-hydrogen) atoms. The van der Waals surface area contributed by atoms with Gasteiger partial charge < -0.3 is 10.1 Å². The molecule has 0 fully saturated rings. The predicted molar refractivity (Wildman–Crippen MR) is 79.2 cm³/mol. The fourth-order valence-electron chi connectivity index (χ4n) is 2.11. The molecule has 1 aromatic carbocycles. The number of aliphatic hydroxyl groups is 1. The highest BCUT2D eigenvalue weighted by atomic mass is 32.2. The van der Waals surface area contributed by atoms with Gasteiger partial charge in [0.15, 0.2) is 10.1 Å². The lowest BCUT2D eigenvalue weighted by atomic mass is 10.3. The average molecular weight is 302 g/mol. The van der Waals surface area contributed by atoms with E-state index < -0.39 is 0 Å². The number of imidazole rings is 2. The number of aromatic amines is 1. The molecule has 3 aromatic heterocycles. The Morgan fingerprint density at radius 3 is 3.05 bits per heavy atom. The highest BCUT2D eigenvalue weighted by Gasteiger charge is 2.15. The molecule has 4 rings (SSSR count). The zero-order chi connectivity index (χ0) is 13.5. The lowest BCUT2D eigenvalue weighted by Gasteiger charge is -1.97. The molecule has 5 nitrogen and oxygen atoms in total. The largest absolute Gasteiger partial charge is 0.390 e. The van der Waals surface area contributed by atoms with Crippen molar-refractivity contribution in [2.75, 3.05) is 0 Å². The lowest BCUT2D eigenvalue weighted by molar-refractivity contribution is 0.272. The molecule has 0 atom stereocenters. The molecule has 0 unspecified atom stereocenters. The monoisotopic (exact) mass is 302 g/mol. The molecule has 4 aromatic rings. The Morgan fingerprint density at radius 1 is 1.30 bits per heavy atom. The number of nitrogens with one attached hydrogen (secondary N) is 1. The number of rotatable bonds is 3. The Balaban J connectivity index is 1.77. The first-order valence-electron chi connectivity index (χ1n) is 6.03. The Hall–Kier alpha value is -1.83. The molecule has 0 spiro atoms. The number of hydrogen-bond donors (Lipinski definition) is 2. The van der Waals surface area contributed by atoms with Crippen molar-refractivity contribution in [2.24, 2.45) is 0 Å². The Bertz CT molecular complexity index is 859. The molecule has 2 N–H and O–H groups in total. The number of nitrogens with zero attached hydrogens (tertiary/aromatic N) is 3. The quantitative estimate of drug-likeness (QED) is 0.610. The molecule has 0 radical (unpaired) electrons. The van der Waals surface area contributed by atoms with Gasteiger partial charge in [-0.05, 0) is 23.9 Å². The van der Waals surface area contributed by atoms with Crippen LogP contribution in [0.3, 0.4) is 0 Å². The van der Waals surface area contributed by atoms with Crippen molar-refractivity contribution in [3.63, 3.8) is 0 Å². The van der Waals surface area contributed by atoms with Gasteiger partial charge in [0.05, 0.1) is 23.3 Å². The zero-order valence-corrected chi connectivity index (χ0v) is 11.9. The molecule has 0 aliphatic heterocycles. The first kappa shape index (κ1) is 12.0. The molecular weight excluding hydrogens is 292 g/mol. The molecule has 0 aliphatic carbocycles. The molecule has 0 saturated carbocycles. The lowest BCUT2D eigenvalue weighted by Crippen LogP contribution is -1.91. The summed E-state index contributed by atoms with van der Waals surface area (Å²) in [7, 11) is 0. The Morgan fingerprint density at radius 2 is 2.20 bits per heavy atom. The summed E-state index contributed by atoms with van der Waals surface area (Å²) in [6.07, 6.45) is 1.92. The summed E-state index contributed by atoms with van der Waals surface area (Å²) < 4.78 is 1.91. The number of aromatic nitrogens is 4. The van der Waals surface area contributed by atoms with Crippen LogP contribution in [0.2, 0.25) is 0 Å². The highest BCUT2D eigenvalue weighted by molar-refractivity contribution is 7.99. The van der Waals surface area contributed by atoms with E-state index in [4.69, 9.17) is 0 Å². The van der Waals surface area contributed by atoms with Crippen LogP contribution in [-0.4, -0.2) is 24.5 Å². The summed E-state index contributed by atoms with van der Waals surface area (Å²) in [6, 6.07) is 7.89. The molecule has 3 heterocycles. The second-order valence-electron chi connectivity index (χ2n) is 4.24. The number of H-pyrrole nitrogens is 1. The second-order valence-corrected chi connectivity index (χ2v) is 6.09. The molecule has 0 bridgehead atoms. The minimum atomic E-state index is -0.0412. The summed E-state index contributed by atoms with van der Waals surface area (Å²) >= 11 is 2.99. The van der Waals surface area contributed by atoms with E-state index >= 15 is 0 Å². The predicted octanol–water partition coefficient (Wildman–Crippen LogP) is 2.92. The average Bonchev–Trinajstić information content (AvgIpc) is 3.11. The number of benzene rings is 1. The molecule has 100 valence electrons. The van der Waals surface area contributed by atoms with Gasteiger partial charge in [0.1, 0.15) is 5.03 Å². The maximum Gasteiger partial charge on any atom is 0.195 e. The van der Waals surface area contributed by atoms with Crippen LogP contribution in [0.5, 0.6) is 0 Å². The van der Waals surface area contributed by atoms with E-state index in [1.54, 1.807) is 11.3 Å². The van der Waals surface area contributed by atoms with Gasteiger partial charge in [0, 0.05) is 11.6 Å². The normalized spacial score (nSPS) is 11.7. The van der Waals surface area contributed by atoms with E-state index in [9.17, 15) is 5.11 Å². The van der Waals surface area contributed by atoms with Crippen LogP contribution in [0.15, 0.2) is 46.0 Å². The first-order valence-corrected chi connectivity index (χ1v) is 7.72. The van der Waals surface area contributed by atoms with Gasteiger partial charge in [-0.1, -0.05) is 12.1 Å². The maximum atomic E-state index is 9.54. The van der Waals surface area contributed by atoms with Crippen LogP contribution in [0.4, 0.5) is 0 Å².